The largest absolute Gasteiger partial charge is 0.466 e. The van der Waals surface area contributed by atoms with Crippen molar-refractivity contribution in [2.75, 3.05) is 11.9 Å². The molecule has 6 heteroatoms. The number of hydrogen-bond donors (Lipinski definition) is 2. The fourth-order valence-corrected chi connectivity index (χ4v) is 2.12. The molecular formula is C18H19FN2O3. The molecule has 2 amide bonds. The van der Waals surface area contributed by atoms with Crippen molar-refractivity contribution in [1.82, 2.24) is 5.32 Å². The minimum Gasteiger partial charge on any atom is -0.466 e. The minimum absolute atomic E-state index is 0.0856. The third kappa shape index (κ3) is 5.39. The highest BCUT2D eigenvalue weighted by atomic mass is 19.1. The van der Waals surface area contributed by atoms with Gasteiger partial charge in [-0.1, -0.05) is 30.3 Å². The molecule has 0 unspecified atom stereocenters. The second-order valence-corrected chi connectivity index (χ2v) is 5.07. The maximum Gasteiger partial charge on any atom is 0.319 e. The van der Waals surface area contributed by atoms with Crippen molar-refractivity contribution in [2.24, 2.45) is 0 Å². The summed E-state index contributed by atoms with van der Waals surface area (Å²) in [6, 6.07) is 12.5. The first kappa shape index (κ1) is 17.5. The lowest BCUT2D eigenvalue weighted by molar-refractivity contribution is -0.142. The Morgan fingerprint density at radius 2 is 1.79 bits per heavy atom. The third-order valence-corrected chi connectivity index (χ3v) is 3.27. The number of ether oxygens (including phenoxy) is 1. The van der Waals surface area contributed by atoms with Gasteiger partial charge in [-0.15, -0.1) is 0 Å². The predicted molar refractivity (Wildman–Crippen MR) is 89.0 cm³/mol. The molecule has 0 bridgehead atoms. The maximum absolute atomic E-state index is 12.8. The average Bonchev–Trinajstić information content (AvgIpc) is 2.56. The Balaban J connectivity index is 1.93. The molecule has 0 spiro atoms. The molecule has 0 saturated carbocycles. The lowest BCUT2D eigenvalue weighted by Gasteiger charge is -2.12. The molecule has 0 fully saturated rings. The Morgan fingerprint density at radius 1 is 1.08 bits per heavy atom. The molecule has 2 N–H and O–H groups in total. The molecule has 0 aliphatic heterocycles. The molecule has 0 aliphatic rings. The summed E-state index contributed by atoms with van der Waals surface area (Å²) in [6.07, 6.45) is 0.0856. The van der Waals surface area contributed by atoms with Crippen LogP contribution in [-0.4, -0.2) is 18.6 Å². The van der Waals surface area contributed by atoms with Crippen molar-refractivity contribution < 1.29 is 18.7 Å². The summed E-state index contributed by atoms with van der Waals surface area (Å²) in [5, 5.41) is 5.39. The lowest BCUT2D eigenvalue weighted by Crippen LogP contribution is -2.28. The Morgan fingerprint density at radius 3 is 2.50 bits per heavy atom. The summed E-state index contributed by atoms with van der Waals surface area (Å²) in [5.41, 5.74) is 2.00. The zero-order valence-electron chi connectivity index (χ0n) is 13.3. The van der Waals surface area contributed by atoms with E-state index in [0.717, 1.165) is 5.56 Å². The first-order valence-corrected chi connectivity index (χ1v) is 7.61. The normalized spacial score (nSPS) is 10.1. The Labute approximate surface area is 139 Å². The van der Waals surface area contributed by atoms with Gasteiger partial charge >= 0.3 is 12.0 Å². The molecule has 24 heavy (non-hydrogen) atoms. The molecule has 2 aromatic carbocycles. The van der Waals surface area contributed by atoms with Crippen molar-refractivity contribution in [3.05, 3.63) is 65.5 Å². The SMILES string of the molecule is CCOC(=O)Cc1ccccc1NC(=O)NCc1ccc(F)cc1. The third-order valence-electron chi connectivity index (χ3n) is 3.27. The van der Waals surface area contributed by atoms with Crippen molar-refractivity contribution >= 4 is 17.7 Å². The van der Waals surface area contributed by atoms with Crippen LogP contribution in [0.3, 0.4) is 0 Å². The zero-order valence-corrected chi connectivity index (χ0v) is 13.3. The van der Waals surface area contributed by atoms with Crippen molar-refractivity contribution in [3.63, 3.8) is 0 Å². The molecular weight excluding hydrogens is 311 g/mol. The summed E-state index contributed by atoms with van der Waals surface area (Å²) in [6.45, 7) is 2.32. The van der Waals surface area contributed by atoms with Gasteiger partial charge in [0.05, 0.1) is 13.0 Å². The average molecular weight is 330 g/mol. The number of urea groups is 1. The molecule has 5 nitrogen and oxygen atoms in total. The van der Waals surface area contributed by atoms with Gasteiger partial charge in [0.25, 0.3) is 0 Å². The van der Waals surface area contributed by atoms with Crippen LogP contribution in [0.25, 0.3) is 0 Å². The number of nitrogens with one attached hydrogen (secondary N) is 2. The standard InChI is InChI=1S/C18H19FN2O3/c1-2-24-17(22)11-14-5-3-4-6-16(14)21-18(23)20-12-13-7-9-15(19)10-8-13/h3-10H,2,11-12H2,1H3,(H2,20,21,23). The summed E-state index contributed by atoms with van der Waals surface area (Å²) in [5.74, 6) is -0.672. The van der Waals surface area contributed by atoms with E-state index in [4.69, 9.17) is 4.74 Å². The number of para-hydroxylation sites is 1. The molecule has 126 valence electrons. The quantitative estimate of drug-likeness (QED) is 0.799. The van der Waals surface area contributed by atoms with Gasteiger partial charge in [-0.05, 0) is 36.2 Å². The van der Waals surface area contributed by atoms with E-state index in [1.807, 2.05) is 0 Å². The monoisotopic (exact) mass is 330 g/mol. The summed E-state index contributed by atoms with van der Waals surface area (Å²) < 4.78 is 17.8. The molecule has 0 saturated heterocycles. The van der Waals surface area contributed by atoms with Crippen LogP contribution >= 0.6 is 0 Å². The number of anilines is 1. The molecule has 2 aromatic rings. The summed E-state index contributed by atoms with van der Waals surface area (Å²) in [4.78, 5) is 23.6. The van der Waals surface area contributed by atoms with Crippen molar-refractivity contribution in [1.29, 1.82) is 0 Å². The van der Waals surface area contributed by atoms with Gasteiger partial charge < -0.3 is 15.4 Å². The van der Waals surface area contributed by atoms with E-state index >= 15 is 0 Å². The molecule has 0 aliphatic carbocycles. The minimum atomic E-state index is -0.407. The molecule has 0 radical (unpaired) electrons. The fourth-order valence-electron chi connectivity index (χ4n) is 2.12. The first-order valence-electron chi connectivity index (χ1n) is 7.61. The highest BCUT2D eigenvalue weighted by Gasteiger charge is 2.10. The highest BCUT2D eigenvalue weighted by Crippen LogP contribution is 2.16. The van der Waals surface area contributed by atoms with Gasteiger partial charge in [0.15, 0.2) is 0 Å². The topological polar surface area (TPSA) is 67.4 Å². The number of carbonyl (C=O) groups excluding carboxylic acids is 2. The van der Waals surface area contributed by atoms with Crippen LogP contribution in [0.1, 0.15) is 18.1 Å². The Kier molecular flexibility index (Phi) is 6.31. The number of amides is 2. The van der Waals surface area contributed by atoms with E-state index < -0.39 is 6.03 Å². The van der Waals surface area contributed by atoms with Crippen LogP contribution in [0.15, 0.2) is 48.5 Å². The number of esters is 1. The molecule has 0 heterocycles. The van der Waals surface area contributed by atoms with Gasteiger partial charge in [0.2, 0.25) is 0 Å². The fraction of sp³-hybridized carbons (Fsp3) is 0.222. The second kappa shape index (κ2) is 8.67. The van der Waals surface area contributed by atoms with Gasteiger partial charge in [0, 0.05) is 12.2 Å². The number of carbonyl (C=O) groups is 2. The zero-order chi connectivity index (χ0) is 17.4. The number of benzene rings is 2. The Hall–Kier alpha value is -2.89. The van der Waals surface area contributed by atoms with Gasteiger partial charge in [-0.3, -0.25) is 4.79 Å². The van der Waals surface area contributed by atoms with Gasteiger partial charge in [-0.2, -0.15) is 0 Å². The van der Waals surface area contributed by atoms with Crippen LogP contribution in [0, 0.1) is 5.82 Å². The number of hydrogen-bond acceptors (Lipinski definition) is 3. The van der Waals surface area contributed by atoms with E-state index in [1.54, 1.807) is 43.3 Å². The molecule has 0 aromatic heterocycles. The molecule has 0 atom stereocenters. The Bertz CT molecular complexity index is 702. The summed E-state index contributed by atoms with van der Waals surface area (Å²) >= 11 is 0. The van der Waals surface area contributed by atoms with Gasteiger partial charge in [0.1, 0.15) is 5.82 Å². The van der Waals surface area contributed by atoms with Crippen LogP contribution in [0.2, 0.25) is 0 Å². The smallest absolute Gasteiger partial charge is 0.319 e. The van der Waals surface area contributed by atoms with Crippen molar-refractivity contribution in [3.8, 4) is 0 Å². The maximum atomic E-state index is 12.8. The lowest BCUT2D eigenvalue weighted by atomic mass is 10.1. The van der Waals surface area contributed by atoms with Crippen molar-refractivity contribution in [2.45, 2.75) is 19.9 Å². The number of halogens is 1. The van der Waals surface area contributed by atoms with E-state index in [1.165, 1.54) is 12.1 Å². The van der Waals surface area contributed by atoms with Crippen LogP contribution in [0.4, 0.5) is 14.9 Å². The van der Waals surface area contributed by atoms with Crippen LogP contribution < -0.4 is 10.6 Å². The van der Waals surface area contributed by atoms with Gasteiger partial charge in [-0.25, -0.2) is 9.18 Å². The predicted octanol–water partition coefficient (Wildman–Crippen LogP) is 3.25. The van der Waals surface area contributed by atoms with E-state index in [-0.39, 0.29) is 24.8 Å². The number of rotatable bonds is 6. The van der Waals surface area contributed by atoms with Crippen LogP contribution in [0.5, 0.6) is 0 Å². The van der Waals surface area contributed by atoms with E-state index in [2.05, 4.69) is 10.6 Å². The first-order chi connectivity index (χ1) is 11.6. The second-order valence-electron chi connectivity index (χ2n) is 5.07. The van der Waals surface area contributed by atoms with E-state index in [0.29, 0.717) is 17.9 Å². The molecule has 2 rings (SSSR count). The highest BCUT2D eigenvalue weighted by molar-refractivity contribution is 5.91. The summed E-state index contributed by atoms with van der Waals surface area (Å²) in [7, 11) is 0. The van der Waals surface area contributed by atoms with Crippen LogP contribution in [-0.2, 0) is 22.5 Å². The van der Waals surface area contributed by atoms with E-state index in [9.17, 15) is 14.0 Å².